The molecule has 9 nitrogen and oxygen atoms in total. The van der Waals surface area contributed by atoms with Crippen molar-refractivity contribution < 1.29 is 41.0 Å². The minimum Gasteiger partial charge on any atom is -0.475 e. The molecule has 0 aliphatic carbocycles. The molecule has 3 atom stereocenters. The largest absolute Gasteiger partial charge is 0.490 e. The third kappa shape index (κ3) is 6.64. The molecule has 2 fully saturated rings. The van der Waals surface area contributed by atoms with Crippen molar-refractivity contribution in [3.8, 4) is 0 Å². The number of amides is 1. The van der Waals surface area contributed by atoms with E-state index in [1.807, 2.05) is 0 Å². The van der Waals surface area contributed by atoms with Gasteiger partial charge in [0.2, 0.25) is 10.0 Å². The zero-order valence-corrected chi connectivity index (χ0v) is 16.8. The summed E-state index contributed by atoms with van der Waals surface area (Å²) in [6, 6.07) is 3.02. The van der Waals surface area contributed by atoms with Gasteiger partial charge in [-0.15, -0.1) is 0 Å². The standard InChI is InChI=1S/C15H21N3O4S.C2HF3O2/c1-23(20,21)18-9-12-5-3-7-22-14(12)13(10-18)17-15(19)11-4-2-6-16-8-11;3-2(4,5)1(6)7/h2,4,6,8,12-14H,3,5,7,9-10H2,1H3,(H,17,19);(H,6,7)/t12-,13+,14-;/m0./s1. The summed E-state index contributed by atoms with van der Waals surface area (Å²) in [5, 5.41) is 10.1. The van der Waals surface area contributed by atoms with Crippen molar-refractivity contribution >= 4 is 21.9 Å². The van der Waals surface area contributed by atoms with E-state index in [4.69, 9.17) is 14.6 Å². The molecule has 2 aliphatic rings. The van der Waals surface area contributed by atoms with E-state index in [1.54, 1.807) is 18.3 Å². The van der Waals surface area contributed by atoms with Gasteiger partial charge in [0, 0.05) is 38.0 Å². The van der Waals surface area contributed by atoms with Crippen LogP contribution in [0.2, 0.25) is 0 Å². The monoisotopic (exact) mass is 453 g/mol. The number of aliphatic carboxylic acids is 1. The lowest BCUT2D eigenvalue weighted by Gasteiger charge is -2.45. The molecule has 1 aromatic rings. The number of carboxylic acids is 1. The second-order valence-electron chi connectivity index (χ2n) is 6.94. The SMILES string of the molecule is CS(=O)(=O)N1C[C@@H]2CCCO[C@@H]2[C@H](NC(=O)c2cccnc2)C1.O=C(O)C(F)(F)F. The van der Waals surface area contributed by atoms with E-state index >= 15 is 0 Å². The van der Waals surface area contributed by atoms with Crippen LogP contribution in [-0.4, -0.2) is 79.0 Å². The molecule has 1 aromatic heterocycles. The van der Waals surface area contributed by atoms with Crippen LogP contribution in [0.1, 0.15) is 23.2 Å². The number of hydrogen-bond donors (Lipinski definition) is 2. The van der Waals surface area contributed by atoms with E-state index in [1.165, 1.54) is 16.8 Å². The van der Waals surface area contributed by atoms with Gasteiger partial charge >= 0.3 is 12.1 Å². The van der Waals surface area contributed by atoms with Gasteiger partial charge in [0.05, 0.1) is 24.0 Å². The highest BCUT2D eigenvalue weighted by Gasteiger charge is 2.42. The number of sulfonamides is 1. The first-order valence-corrected chi connectivity index (χ1v) is 10.8. The lowest BCUT2D eigenvalue weighted by Crippen LogP contribution is -2.61. The van der Waals surface area contributed by atoms with E-state index in [0.29, 0.717) is 18.7 Å². The maximum absolute atomic E-state index is 12.4. The fourth-order valence-corrected chi connectivity index (χ4v) is 4.21. The third-order valence-electron chi connectivity index (χ3n) is 4.68. The summed E-state index contributed by atoms with van der Waals surface area (Å²) in [6.45, 7) is 1.36. The fraction of sp³-hybridized carbons (Fsp3) is 0.588. The second-order valence-corrected chi connectivity index (χ2v) is 8.92. The summed E-state index contributed by atoms with van der Waals surface area (Å²) in [7, 11) is -3.30. The minimum absolute atomic E-state index is 0.117. The van der Waals surface area contributed by atoms with E-state index < -0.39 is 22.2 Å². The number of carbonyl (C=O) groups is 2. The van der Waals surface area contributed by atoms with E-state index in [0.717, 1.165) is 12.8 Å². The Labute approximate surface area is 171 Å². The molecule has 0 unspecified atom stereocenters. The van der Waals surface area contributed by atoms with Gasteiger partial charge < -0.3 is 15.2 Å². The molecular weight excluding hydrogens is 431 g/mol. The Bertz CT molecular complexity index is 850. The number of alkyl halides is 3. The van der Waals surface area contributed by atoms with Crippen molar-refractivity contribution in [3.05, 3.63) is 30.1 Å². The molecule has 0 saturated carbocycles. The molecule has 13 heteroatoms. The van der Waals surface area contributed by atoms with Crippen molar-refractivity contribution in [2.45, 2.75) is 31.2 Å². The summed E-state index contributed by atoms with van der Waals surface area (Å²) in [5.74, 6) is -2.90. The topological polar surface area (TPSA) is 126 Å². The molecule has 2 aliphatic heterocycles. The van der Waals surface area contributed by atoms with Gasteiger partial charge in [0.15, 0.2) is 0 Å². The highest BCUT2D eigenvalue weighted by molar-refractivity contribution is 7.88. The van der Waals surface area contributed by atoms with Crippen LogP contribution in [0.5, 0.6) is 0 Å². The number of rotatable bonds is 3. The molecule has 2 N–H and O–H groups in total. The maximum Gasteiger partial charge on any atom is 0.490 e. The summed E-state index contributed by atoms with van der Waals surface area (Å²) < 4.78 is 62.9. The Kier molecular flexibility index (Phi) is 7.77. The molecule has 0 radical (unpaired) electrons. The van der Waals surface area contributed by atoms with E-state index in [-0.39, 0.29) is 30.5 Å². The maximum atomic E-state index is 12.4. The van der Waals surface area contributed by atoms with Gasteiger partial charge in [0.25, 0.3) is 5.91 Å². The Morgan fingerprint density at radius 1 is 1.33 bits per heavy atom. The Morgan fingerprint density at radius 3 is 2.53 bits per heavy atom. The molecular formula is C17H22F3N3O6S. The van der Waals surface area contributed by atoms with Crippen LogP contribution in [0.4, 0.5) is 13.2 Å². The summed E-state index contributed by atoms with van der Waals surface area (Å²) in [4.78, 5) is 25.2. The fourth-order valence-electron chi connectivity index (χ4n) is 3.31. The molecule has 2 saturated heterocycles. The van der Waals surface area contributed by atoms with Crippen LogP contribution in [0.25, 0.3) is 0 Å². The quantitative estimate of drug-likeness (QED) is 0.696. The van der Waals surface area contributed by atoms with Crippen LogP contribution >= 0.6 is 0 Å². The van der Waals surface area contributed by atoms with Gasteiger partial charge in [-0.2, -0.15) is 17.5 Å². The van der Waals surface area contributed by atoms with Crippen molar-refractivity contribution in [3.63, 3.8) is 0 Å². The van der Waals surface area contributed by atoms with Crippen molar-refractivity contribution in [1.82, 2.24) is 14.6 Å². The summed E-state index contributed by atoms with van der Waals surface area (Å²) >= 11 is 0. The number of aromatic nitrogens is 1. The average molecular weight is 453 g/mol. The third-order valence-corrected chi connectivity index (χ3v) is 5.92. The molecule has 0 bridgehead atoms. The first kappa shape index (κ1) is 24.0. The van der Waals surface area contributed by atoms with Gasteiger partial charge in [-0.1, -0.05) is 0 Å². The zero-order valence-electron chi connectivity index (χ0n) is 16.0. The number of carbonyl (C=O) groups excluding carboxylic acids is 1. The predicted molar refractivity (Wildman–Crippen MR) is 98.1 cm³/mol. The summed E-state index contributed by atoms with van der Waals surface area (Å²) in [5.41, 5.74) is 0.455. The van der Waals surface area contributed by atoms with Gasteiger partial charge in [0.1, 0.15) is 0 Å². The number of halogens is 3. The molecule has 168 valence electrons. The van der Waals surface area contributed by atoms with Crippen molar-refractivity contribution in [2.24, 2.45) is 5.92 Å². The highest BCUT2D eigenvalue weighted by Crippen LogP contribution is 2.29. The number of nitrogens with one attached hydrogen (secondary N) is 1. The first-order chi connectivity index (χ1) is 13.9. The van der Waals surface area contributed by atoms with Crippen LogP contribution in [0.15, 0.2) is 24.5 Å². The van der Waals surface area contributed by atoms with Crippen LogP contribution < -0.4 is 5.32 Å². The zero-order chi connectivity index (χ0) is 22.5. The number of fused-ring (bicyclic) bond motifs is 1. The van der Waals surface area contributed by atoms with Crippen molar-refractivity contribution in [2.75, 3.05) is 26.0 Å². The molecule has 0 aromatic carbocycles. The molecule has 3 rings (SSSR count). The normalized spacial score (nSPS) is 24.7. The minimum atomic E-state index is -5.08. The molecule has 30 heavy (non-hydrogen) atoms. The van der Waals surface area contributed by atoms with Crippen LogP contribution in [0, 0.1) is 5.92 Å². The highest BCUT2D eigenvalue weighted by atomic mass is 32.2. The lowest BCUT2D eigenvalue weighted by molar-refractivity contribution is -0.192. The Morgan fingerprint density at radius 2 is 2.00 bits per heavy atom. The van der Waals surface area contributed by atoms with Crippen LogP contribution in [-0.2, 0) is 19.6 Å². The molecule has 3 heterocycles. The number of nitrogens with zero attached hydrogens (tertiary/aromatic N) is 2. The van der Waals surface area contributed by atoms with Crippen LogP contribution in [0.3, 0.4) is 0 Å². The molecule has 1 amide bonds. The molecule has 0 spiro atoms. The Balaban J connectivity index is 0.000000396. The van der Waals surface area contributed by atoms with Gasteiger partial charge in [-0.3, -0.25) is 9.78 Å². The number of ether oxygens (including phenoxy) is 1. The Hall–Kier alpha value is -2.25. The summed E-state index contributed by atoms with van der Waals surface area (Å²) in [6.07, 6.45) is 0.909. The number of piperidine rings is 1. The number of pyridine rings is 1. The van der Waals surface area contributed by atoms with E-state index in [2.05, 4.69) is 10.3 Å². The smallest absolute Gasteiger partial charge is 0.475 e. The lowest BCUT2D eigenvalue weighted by atomic mass is 9.86. The van der Waals surface area contributed by atoms with Gasteiger partial charge in [-0.05, 0) is 25.0 Å². The average Bonchev–Trinajstić information content (AvgIpc) is 2.67. The number of hydrogen-bond acceptors (Lipinski definition) is 6. The van der Waals surface area contributed by atoms with E-state index in [9.17, 15) is 26.4 Å². The van der Waals surface area contributed by atoms with Crippen molar-refractivity contribution in [1.29, 1.82) is 0 Å². The first-order valence-electron chi connectivity index (χ1n) is 8.97. The number of carboxylic acid groups (broad SMARTS) is 1. The van der Waals surface area contributed by atoms with Gasteiger partial charge in [-0.25, -0.2) is 13.2 Å². The second kappa shape index (κ2) is 9.71. The predicted octanol–water partition coefficient (Wildman–Crippen LogP) is 0.884.